The molecule has 0 saturated carbocycles. The van der Waals surface area contributed by atoms with Crippen LogP contribution in [0.3, 0.4) is 0 Å². The van der Waals surface area contributed by atoms with Crippen LogP contribution in [0.5, 0.6) is 0 Å². The van der Waals surface area contributed by atoms with Gasteiger partial charge in [0.1, 0.15) is 5.82 Å². The third kappa shape index (κ3) is 3.30. The number of aryl methyl sites for hydroxylation is 2. The van der Waals surface area contributed by atoms with Crippen molar-refractivity contribution in [1.82, 2.24) is 24.2 Å². The number of pyridine rings is 1. The van der Waals surface area contributed by atoms with Gasteiger partial charge in [0.15, 0.2) is 0 Å². The number of nitrogens with zero attached hydrogens (tertiary/aromatic N) is 5. The molecule has 1 saturated heterocycles. The van der Waals surface area contributed by atoms with E-state index in [0.29, 0.717) is 12.5 Å². The van der Waals surface area contributed by atoms with Crippen LogP contribution in [-0.4, -0.2) is 37.3 Å². The van der Waals surface area contributed by atoms with E-state index in [9.17, 15) is 4.79 Å². The van der Waals surface area contributed by atoms with Crippen molar-refractivity contribution in [3.05, 3.63) is 57.9 Å². The second kappa shape index (κ2) is 7.27. The first-order valence-corrected chi connectivity index (χ1v) is 9.77. The highest BCUT2D eigenvalue weighted by Gasteiger charge is 2.27. The van der Waals surface area contributed by atoms with Gasteiger partial charge < -0.3 is 0 Å². The summed E-state index contributed by atoms with van der Waals surface area (Å²) in [5.41, 5.74) is 3.61. The molecule has 6 nitrogen and oxygen atoms in total. The monoisotopic (exact) mass is 365 g/mol. The number of fused-ring (bicyclic) bond motifs is 1. The molecule has 142 valence electrons. The third-order valence-electron chi connectivity index (χ3n) is 5.68. The smallest absolute Gasteiger partial charge is 0.298 e. The summed E-state index contributed by atoms with van der Waals surface area (Å²) in [6.07, 6.45) is 4.07. The van der Waals surface area contributed by atoms with Gasteiger partial charge in [-0.3, -0.25) is 14.5 Å². The van der Waals surface area contributed by atoms with E-state index in [1.54, 1.807) is 7.05 Å². The summed E-state index contributed by atoms with van der Waals surface area (Å²) < 4.78 is 3.29. The van der Waals surface area contributed by atoms with E-state index in [4.69, 9.17) is 0 Å². The molecule has 0 bridgehead atoms. The van der Waals surface area contributed by atoms with Crippen molar-refractivity contribution in [3.63, 3.8) is 0 Å². The minimum absolute atomic E-state index is 0.0137. The van der Waals surface area contributed by atoms with Gasteiger partial charge in [-0.1, -0.05) is 18.2 Å². The Labute approximate surface area is 159 Å². The molecule has 1 aliphatic heterocycles. The van der Waals surface area contributed by atoms with Crippen LogP contribution < -0.4 is 5.69 Å². The van der Waals surface area contributed by atoms with Crippen molar-refractivity contribution in [1.29, 1.82) is 0 Å². The molecular weight excluding hydrogens is 338 g/mol. The zero-order valence-electron chi connectivity index (χ0n) is 16.4. The molecule has 1 fully saturated rings. The first-order chi connectivity index (χ1) is 13.1. The number of piperidine rings is 1. The summed E-state index contributed by atoms with van der Waals surface area (Å²) in [6, 6.07) is 8.57. The van der Waals surface area contributed by atoms with Gasteiger partial charge in [0.25, 0.3) is 0 Å². The standard InChI is InChI=1S/C21H27N5O/c1-4-26-20(23-24(3)21(26)27)17-7-6-12-25(14-17)13-16-10-9-15(2)19-18(16)8-5-11-22-19/h5,8-11,17H,4,6-7,12-14H2,1-3H3. The maximum absolute atomic E-state index is 12.3. The second-order valence-corrected chi connectivity index (χ2v) is 7.52. The lowest BCUT2D eigenvalue weighted by Gasteiger charge is -2.32. The fraction of sp³-hybridized carbons (Fsp3) is 0.476. The van der Waals surface area contributed by atoms with Gasteiger partial charge in [0.2, 0.25) is 0 Å². The van der Waals surface area contributed by atoms with Crippen molar-refractivity contribution >= 4 is 10.9 Å². The highest BCUT2D eigenvalue weighted by Crippen LogP contribution is 2.28. The predicted octanol–water partition coefficient (Wildman–Crippen LogP) is 2.84. The largest absolute Gasteiger partial charge is 0.345 e. The Balaban J connectivity index is 1.59. The molecule has 1 unspecified atom stereocenters. The summed E-state index contributed by atoms with van der Waals surface area (Å²) in [5.74, 6) is 1.24. The van der Waals surface area contributed by atoms with Crippen molar-refractivity contribution < 1.29 is 0 Å². The number of hydrogen-bond donors (Lipinski definition) is 0. The zero-order chi connectivity index (χ0) is 19.0. The first-order valence-electron chi connectivity index (χ1n) is 9.77. The number of hydrogen-bond acceptors (Lipinski definition) is 4. The topological polar surface area (TPSA) is 56.0 Å². The number of rotatable bonds is 4. The molecule has 27 heavy (non-hydrogen) atoms. The Kier molecular flexibility index (Phi) is 4.83. The molecule has 1 atom stereocenters. The van der Waals surface area contributed by atoms with Gasteiger partial charge in [0.05, 0.1) is 5.52 Å². The van der Waals surface area contributed by atoms with E-state index in [-0.39, 0.29) is 5.69 Å². The summed E-state index contributed by atoms with van der Waals surface area (Å²) >= 11 is 0. The molecule has 0 amide bonds. The number of aromatic nitrogens is 4. The van der Waals surface area contributed by atoms with Gasteiger partial charge in [-0.25, -0.2) is 9.48 Å². The highest BCUT2D eigenvalue weighted by atomic mass is 16.2. The lowest BCUT2D eigenvalue weighted by Crippen LogP contribution is -2.35. The van der Waals surface area contributed by atoms with Crippen LogP contribution in [0.1, 0.15) is 42.6 Å². The predicted molar refractivity (Wildman–Crippen MR) is 107 cm³/mol. The molecule has 1 aromatic carbocycles. The highest BCUT2D eigenvalue weighted by molar-refractivity contribution is 5.84. The van der Waals surface area contributed by atoms with Crippen LogP contribution in [0.4, 0.5) is 0 Å². The second-order valence-electron chi connectivity index (χ2n) is 7.52. The summed E-state index contributed by atoms with van der Waals surface area (Å²) in [4.78, 5) is 19.3. The minimum Gasteiger partial charge on any atom is -0.298 e. The Morgan fingerprint density at radius 2 is 2.11 bits per heavy atom. The van der Waals surface area contributed by atoms with Crippen molar-refractivity contribution in [3.8, 4) is 0 Å². The van der Waals surface area contributed by atoms with E-state index in [1.165, 1.54) is 21.2 Å². The third-order valence-corrected chi connectivity index (χ3v) is 5.68. The Bertz CT molecular complexity index is 1020. The van der Waals surface area contributed by atoms with Crippen LogP contribution in [0.2, 0.25) is 0 Å². The summed E-state index contributed by atoms with van der Waals surface area (Å²) in [5, 5.41) is 5.78. The number of benzene rings is 1. The molecule has 0 radical (unpaired) electrons. The van der Waals surface area contributed by atoms with E-state index in [1.807, 2.05) is 23.8 Å². The Morgan fingerprint density at radius 1 is 1.26 bits per heavy atom. The van der Waals surface area contributed by atoms with Gasteiger partial charge in [0, 0.05) is 44.2 Å². The molecule has 2 aromatic heterocycles. The molecule has 3 heterocycles. The molecule has 0 aliphatic carbocycles. The van der Waals surface area contributed by atoms with E-state index >= 15 is 0 Å². The minimum atomic E-state index is -0.0137. The SMILES string of the molecule is CCn1c(C2CCCN(Cc3ccc(C)c4ncccc34)C2)nn(C)c1=O. The average molecular weight is 365 g/mol. The fourth-order valence-electron chi connectivity index (χ4n) is 4.28. The normalized spacial score (nSPS) is 18.3. The van der Waals surface area contributed by atoms with Crippen molar-refractivity contribution in [2.75, 3.05) is 13.1 Å². The first kappa shape index (κ1) is 17.9. The van der Waals surface area contributed by atoms with Gasteiger partial charge in [-0.05, 0) is 50.4 Å². The van der Waals surface area contributed by atoms with Gasteiger partial charge in [-0.15, -0.1) is 0 Å². The van der Waals surface area contributed by atoms with Crippen LogP contribution in [0.25, 0.3) is 10.9 Å². The zero-order valence-corrected chi connectivity index (χ0v) is 16.4. The molecule has 0 spiro atoms. The van der Waals surface area contributed by atoms with Crippen LogP contribution >= 0.6 is 0 Å². The molecule has 4 rings (SSSR count). The molecule has 0 N–H and O–H groups in total. The van der Waals surface area contributed by atoms with Crippen molar-refractivity contribution in [2.24, 2.45) is 7.05 Å². The maximum atomic E-state index is 12.3. The lowest BCUT2D eigenvalue weighted by molar-refractivity contribution is 0.195. The molecular formula is C21H27N5O. The molecule has 6 heteroatoms. The van der Waals surface area contributed by atoms with Crippen LogP contribution in [0, 0.1) is 6.92 Å². The Hall–Kier alpha value is -2.47. The van der Waals surface area contributed by atoms with Crippen LogP contribution in [-0.2, 0) is 20.1 Å². The van der Waals surface area contributed by atoms with Gasteiger partial charge in [-0.2, -0.15) is 5.10 Å². The maximum Gasteiger partial charge on any atom is 0.345 e. The fourth-order valence-corrected chi connectivity index (χ4v) is 4.28. The average Bonchev–Trinajstić information content (AvgIpc) is 2.98. The molecule has 3 aromatic rings. The van der Waals surface area contributed by atoms with Crippen LogP contribution in [0.15, 0.2) is 35.3 Å². The van der Waals surface area contributed by atoms with E-state index < -0.39 is 0 Å². The lowest BCUT2D eigenvalue weighted by atomic mass is 9.96. The quantitative estimate of drug-likeness (QED) is 0.713. The number of likely N-dealkylation sites (tertiary alicyclic amines) is 1. The summed E-state index contributed by atoms with van der Waals surface area (Å²) in [6.45, 7) is 7.72. The van der Waals surface area contributed by atoms with E-state index in [2.05, 4.69) is 40.1 Å². The van der Waals surface area contributed by atoms with Gasteiger partial charge >= 0.3 is 5.69 Å². The Morgan fingerprint density at radius 3 is 2.93 bits per heavy atom. The van der Waals surface area contributed by atoms with Crippen molar-refractivity contribution in [2.45, 2.75) is 45.7 Å². The molecule has 1 aliphatic rings. The van der Waals surface area contributed by atoms with E-state index in [0.717, 1.165) is 43.8 Å². The summed E-state index contributed by atoms with van der Waals surface area (Å²) in [7, 11) is 1.74.